The fourth-order valence-electron chi connectivity index (χ4n) is 6.89. The van der Waals surface area contributed by atoms with Crippen LogP contribution >= 0.6 is 0 Å². The Morgan fingerprint density at radius 2 is 0.941 bits per heavy atom. The summed E-state index contributed by atoms with van der Waals surface area (Å²) < 4.78 is 5.89. The second kappa shape index (κ2) is 39.8. The van der Waals surface area contributed by atoms with Crippen LogP contribution in [0.1, 0.15) is 239 Å². The summed E-state index contributed by atoms with van der Waals surface area (Å²) in [7, 11) is 0. The molecule has 0 radical (unpaired) electrons. The molecule has 3 unspecified atom stereocenters. The van der Waals surface area contributed by atoms with E-state index in [-0.39, 0.29) is 24.9 Å². The SMILES string of the molecule is CCCCC/C=C\CCCCCCCC(=O)OC(CCCCCCCCCCCCC)CC(=O)NC(CO)C(O)CCCCCCCCCCC. The fraction of sp³-hybridized carbons (Fsp3) is 0.911. The third-order valence-corrected chi connectivity index (χ3v) is 10.3. The second-order valence-corrected chi connectivity index (χ2v) is 15.5. The smallest absolute Gasteiger partial charge is 0.306 e. The Bertz CT molecular complexity index is 772. The van der Waals surface area contributed by atoms with Crippen molar-refractivity contribution in [3.8, 4) is 0 Å². The molecule has 1 amide bonds. The van der Waals surface area contributed by atoms with Gasteiger partial charge in [-0.1, -0.05) is 187 Å². The van der Waals surface area contributed by atoms with Gasteiger partial charge in [-0.25, -0.2) is 0 Å². The van der Waals surface area contributed by atoms with E-state index in [9.17, 15) is 19.8 Å². The molecule has 0 aliphatic heterocycles. The lowest BCUT2D eigenvalue weighted by molar-refractivity contribution is -0.151. The molecule has 0 saturated heterocycles. The van der Waals surface area contributed by atoms with Gasteiger partial charge in [0, 0.05) is 6.42 Å². The number of hydrogen-bond donors (Lipinski definition) is 3. The molecule has 0 saturated carbocycles. The highest BCUT2D eigenvalue weighted by atomic mass is 16.5. The predicted molar refractivity (Wildman–Crippen MR) is 218 cm³/mol. The van der Waals surface area contributed by atoms with E-state index in [4.69, 9.17) is 4.74 Å². The van der Waals surface area contributed by atoms with Crippen molar-refractivity contribution in [2.24, 2.45) is 0 Å². The number of carbonyl (C=O) groups excluding carboxylic acids is 2. The van der Waals surface area contributed by atoms with E-state index < -0.39 is 18.2 Å². The molecule has 6 nitrogen and oxygen atoms in total. The van der Waals surface area contributed by atoms with Gasteiger partial charge in [0.2, 0.25) is 5.91 Å². The van der Waals surface area contributed by atoms with Crippen molar-refractivity contribution >= 4 is 11.9 Å². The number of carbonyl (C=O) groups is 2. The normalized spacial score (nSPS) is 13.4. The minimum Gasteiger partial charge on any atom is -0.462 e. The van der Waals surface area contributed by atoms with Gasteiger partial charge in [-0.15, -0.1) is 0 Å². The van der Waals surface area contributed by atoms with Gasteiger partial charge in [-0.2, -0.15) is 0 Å². The van der Waals surface area contributed by atoms with Crippen LogP contribution in [0, 0.1) is 0 Å². The number of nitrogens with one attached hydrogen (secondary N) is 1. The van der Waals surface area contributed by atoms with E-state index >= 15 is 0 Å². The third-order valence-electron chi connectivity index (χ3n) is 10.3. The van der Waals surface area contributed by atoms with Crippen LogP contribution in [0.4, 0.5) is 0 Å². The molecule has 0 spiro atoms. The average Bonchev–Trinajstić information content (AvgIpc) is 3.12. The Kier molecular flexibility index (Phi) is 38.7. The first-order valence-electron chi connectivity index (χ1n) is 22.4. The molecule has 0 aromatic carbocycles. The third kappa shape index (κ3) is 35.4. The van der Waals surface area contributed by atoms with Gasteiger partial charge < -0.3 is 20.3 Å². The number of amides is 1. The van der Waals surface area contributed by atoms with E-state index in [1.54, 1.807) is 0 Å². The largest absolute Gasteiger partial charge is 0.462 e. The lowest BCUT2D eigenvalue weighted by Gasteiger charge is -2.24. The molecule has 0 aromatic rings. The molecule has 0 aliphatic rings. The summed E-state index contributed by atoms with van der Waals surface area (Å²) in [5.74, 6) is -0.476. The van der Waals surface area contributed by atoms with E-state index in [2.05, 4.69) is 38.2 Å². The van der Waals surface area contributed by atoms with Crippen LogP contribution in [-0.4, -0.2) is 46.9 Å². The molecule has 51 heavy (non-hydrogen) atoms. The molecule has 0 aromatic heterocycles. The number of aliphatic hydroxyl groups excluding tert-OH is 2. The summed E-state index contributed by atoms with van der Waals surface area (Å²) >= 11 is 0. The van der Waals surface area contributed by atoms with Crippen molar-refractivity contribution in [1.29, 1.82) is 0 Å². The van der Waals surface area contributed by atoms with E-state index in [0.717, 1.165) is 57.8 Å². The number of allylic oxidation sites excluding steroid dienone is 2. The maximum Gasteiger partial charge on any atom is 0.306 e. The minimum atomic E-state index is -0.780. The highest BCUT2D eigenvalue weighted by Crippen LogP contribution is 2.18. The lowest BCUT2D eigenvalue weighted by Crippen LogP contribution is -2.46. The Labute approximate surface area is 317 Å². The monoisotopic (exact) mass is 722 g/mol. The fourth-order valence-corrected chi connectivity index (χ4v) is 6.89. The van der Waals surface area contributed by atoms with E-state index in [1.807, 2.05) is 0 Å². The first-order chi connectivity index (χ1) is 25.0. The topological polar surface area (TPSA) is 95.9 Å². The van der Waals surface area contributed by atoms with Gasteiger partial charge in [0.05, 0.1) is 25.2 Å². The summed E-state index contributed by atoms with van der Waals surface area (Å²) in [4.78, 5) is 25.9. The summed E-state index contributed by atoms with van der Waals surface area (Å²) in [6, 6.07) is -0.693. The molecule has 3 N–H and O–H groups in total. The second-order valence-electron chi connectivity index (χ2n) is 15.5. The Hall–Kier alpha value is -1.40. The lowest BCUT2D eigenvalue weighted by atomic mass is 10.0. The van der Waals surface area contributed by atoms with Crippen molar-refractivity contribution in [2.45, 2.75) is 257 Å². The van der Waals surface area contributed by atoms with Crippen molar-refractivity contribution in [1.82, 2.24) is 5.32 Å². The number of aliphatic hydroxyl groups is 2. The van der Waals surface area contributed by atoms with Crippen LogP contribution in [0.25, 0.3) is 0 Å². The molecular weight excluding hydrogens is 634 g/mol. The van der Waals surface area contributed by atoms with Gasteiger partial charge in [-0.3, -0.25) is 9.59 Å². The maximum atomic E-state index is 13.1. The maximum absolute atomic E-state index is 13.1. The first kappa shape index (κ1) is 49.6. The zero-order valence-corrected chi connectivity index (χ0v) is 34.3. The Morgan fingerprint density at radius 1 is 0.549 bits per heavy atom. The van der Waals surface area contributed by atoms with Crippen molar-refractivity contribution in [3.63, 3.8) is 0 Å². The van der Waals surface area contributed by atoms with Crippen LogP contribution in [-0.2, 0) is 14.3 Å². The zero-order valence-electron chi connectivity index (χ0n) is 34.3. The summed E-state index contributed by atoms with van der Waals surface area (Å²) in [6.07, 6.45) is 41.2. The number of rotatable bonds is 40. The van der Waals surface area contributed by atoms with E-state index in [0.29, 0.717) is 19.3 Å². The Balaban J connectivity index is 4.58. The number of hydrogen-bond acceptors (Lipinski definition) is 5. The first-order valence-corrected chi connectivity index (χ1v) is 22.4. The minimum absolute atomic E-state index is 0.0801. The number of esters is 1. The van der Waals surface area contributed by atoms with Crippen molar-refractivity contribution in [2.75, 3.05) is 6.61 Å². The standard InChI is InChI=1S/C45H87NO5/c1-4-7-10-13-16-19-21-23-26-29-32-35-38-45(50)51-41(36-33-30-27-25-22-20-17-14-11-8-5-2)39-44(49)46-42(40-47)43(48)37-34-31-28-24-18-15-12-9-6-3/h16,19,41-43,47-48H,4-15,17-18,20-40H2,1-3H3,(H,46,49)/b19-16-. The van der Waals surface area contributed by atoms with Crippen LogP contribution in [0.2, 0.25) is 0 Å². The van der Waals surface area contributed by atoms with Gasteiger partial charge >= 0.3 is 5.97 Å². The summed E-state index contributed by atoms with van der Waals surface area (Å²) in [5.41, 5.74) is 0. The molecule has 3 atom stereocenters. The highest BCUT2D eigenvalue weighted by molar-refractivity contribution is 5.77. The Morgan fingerprint density at radius 3 is 1.43 bits per heavy atom. The summed E-state index contributed by atoms with van der Waals surface area (Å²) in [5, 5.41) is 23.5. The molecule has 0 aliphatic carbocycles. The predicted octanol–water partition coefficient (Wildman–Crippen LogP) is 12.6. The highest BCUT2D eigenvalue weighted by Gasteiger charge is 2.24. The quantitative estimate of drug-likeness (QED) is 0.0332. The number of unbranched alkanes of at least 4 members (excludes halogenated alkanes) is 26. The molecule has 6 heteroatoms. The molecule has 0 fully saturated rings. The van der Waals surface area contributed by atoms with Crippen LogP contribution in [0.3, 0.4) is 0 Å². The zero-order chi connectivity index (χ0) is 37.5. The van der Waals surface area contributed by atoms with Crippen molar-refractivity contribution in [3.05, 3.63) is 12.2 Å². The molecule has 0 rings (SSSR count). The van der Waals surface area contributed by atoms with Crippen molar-refractivity contribution < 1.29 is 24.5 Å². The van der Waals surface area contributed by atoms with Crippen LogP contribution in [0.5, 0.6) is 0 Å². The van der Waals surface area contributed by atoms with Gasteiger partial charge in [0.25, 0.3) is 0 Å². The number of ether oxygens (including phenoxy) is 1. The molecule has 0 bridgehead atoms. The van der Waals surface area contributed by atoms with Gasteiger partial charge in [0.1, 0.15) is 6.10 Å². The van der Waals surface area contributed by atoms with Crippen LogP contribution < -0.4 is 5.32 Å². The summed E-state index contributed by atoms with van der Waals surface area (Å²) in [6.45, 7) is 6.43. The molecule has 0 heterocycles. The van der Waals surface area contributed by atoms with Crippen LogP contribution in [0.15, 0.2) is 12.2 Å². The van der Waals surface area contributed by atoms with E-state index in [1.165, 1.54) is 135 Å². The molecular formula is C45H87NO5. The van der Waals surface area contributed by atoms with Gasteiger partial charge in [-0.05, 0) is 51.4 Å². The average molecular weight is 722 g/mol. The molecule has 302 valence electrons. The van der Waals surface area contributed by atoms with Gasteiger partial charge in [0.15, 0.2) is 0 Å².